The highest BCUT2D eigenvalue weighted by atomic mass is 14.1. The first-order valence-corrected chi connectivity index (χ1v) is 5.08. The fraction of sp³-hybridized carbons (Fsp3) is 0.385. The lowest BCUT2D eigenvalue weighted by Crippen LogP contribution is -1.89. The molecule has 0 heteroatoms. The predicted octanol–water partition coefficient (Wildman–Crippen LogP) is 3.73. The van der Waals surface area contributed by atoms with E-state index < -0.39 is 0 Å². The second-order valence-corrected chi connectivity index (χ2v) is 3.53. The highest BCUT2D eigenvalue weighted by Crippen LogP contribution is 2.23. The summed E-state index contributed by atoms with van der Waals surface area (Å²) in [6.07, 6.45) is 20.5. The Morgan fingerprint density at radius 3 is 3.00 bits per heavy atom. The van der Waals surface area contributed by atoms with Gasteiger partial charge >= 0.3 is 0 Å². The van der Waals surface area contributed by atoms with Gasteiger partial charge < -0.3 is 0 Å². The molecular formula is C13H15. The lowest BCUT2D eigenvalue weighted by atomic mass is 9.97. The summed E-state index contributed by atoms with van der Waals surface area (Å²) in [6, 6.07) is 0. The first-order valence-electron chi connectivity index (χ1n) is 5.08. The third-order valence-corrected chi connectivity index (χ3v) is 2.50. The molecule has 0 heterocycles. The minimum atomic E-state index is 1.09. The van der Waals surface area contributed by atoms with Crippen molar-refractivity contribution in [2.24, 2.45) is 0 Å². The van der Waals surface area contributed by atoms with E-state index in [9.17, 15) is 0 Å². The van der Waals surface area contributed by atoms with E-state index in [0.29, 0.717) is 0 Å². The fourth-order valence-corrected chi connectivity index (χ4v) is 1.74. The Labute approximate surface area is 80.3 Å². The number of hydrogen-bond acceptors (Lipinski definition) is 0. The number of hydrogen-bond donors (Lipinski definition) is 0. The number of rotatable bonds is 1. The summed E-state index contributed by atoms with van der Waals surface area (Å²) in [4.78, 5) is 0. The zero-order valence-electron chi connectivity index (χ0n) is 7.92. The van der Waals surface area contributed by atoms with E-state index in [1.54, 1.807) is 0 Å². The molecule has 0 saturated carbocycles. The third-order valence-electron chi connectivity index (χ3n) is 2.50. The van der Waals surface area contributed by atoms with Gasteiger partial charge in [0.15, 0.2) is 0 Å². The maximum Gasteiger partial charge on any atom is -0.00944 e. The molecule has 2 rings (SSSR count). The molecular weight excluding hydrogens is 156 g/mol. The van der Waals surface area contributed by atoms with Crippen molar-refractivity contribution in [3.05, 3.63) is 47.6 Å². The van der Waals surface area contributed by atoms with E-state index in [0.717, 1.165) is 19.3 Å². The van der Waals surface area contributed by atoms with Gasteiger partial charge in [0.1, 0.15) is 0 Å². The Morgan fingerprint density at radius 2 is 2.15 bits per heavy atom. The lowest BCUT2D eigenvalue weighted by molar-refractivity contribution is 0.860. The fourth-order valence-electron chi connectivity index (χ4n) is 1.74. The van der Waals surface area contributed by atoms with Crippen LogP contribution < -0.4 is 0 Å². The molecule has 13 heavy (non-hydrogen) atoms. The second kappa shape index (κ2) is 4.27. The summed E-state index contributed by atoms with van der Waals surface area (Å²) < 4.78 is 0. The zero-order valence-corrected chi connectivity index (χ0v) is 7.92. The minimum absolute atomic E-state index is 1.09. The van der Waals surface area contributed by atoms with Crippen molar-refractivity contribution in [2.45, 2.75) is 32.1 Å². The molecule has 0 N–H and O–H groups in total. The Hall–Kier alpha value is -1.04. The normalized spacial score (nSPS) is 22.2. The molecule has 0 fully saturated rings. The molecule has 0 aromatic heterocycles. The van der Waals surface area contributed by atoms with Gasteiger partial charge in [0, 0.05) is 0 Å². The van der Waals surface area contributed by atoms with Crippen molar-refractivity contribution in [1.82, 2.24) is 0 Å². The molecule has 67 valence electrons. The SMILES string of the molecule is [C]1=C(C2=CCC=CC2)C=CCCC1. The van der Waals surface area contributed by atoms with Crippen LogP contribution in [0.3, 0.4) is 0 Å². The minimum Gasteiger partial charge on any atom is -0.0844 e. The predicted molar refractivity (Wildman–Crippen MR) is 56.2 cm³/mol. The zero-order chi connectivity index (χ0) is 8.93. The van der Waals surface area contributed by atoms with E-state index in [1.165, 1.54) is 24.0 Å². The summed E-state index contributed by atoms with van der Waals surface area (Å²) in [5.74, 6) is 0. The second-order valence-electron chi connectivity index (χ2n) is 3.53. The first kappa shape index (κ1) is 8.55. The summed E-state index contributed by atoms with van der Waals surface area (Å²) in [5, 5.41) is 0. The van der Waals surface area contributed by atoms with E-state index in [-0.39, 0.29) is 0 Å². The van der Waals surface area contributed by atoms with Crippen LogP contribution in [0.4, 0.5) is 0 Å². The van der Waals surface area contributed by atoms with E-state index in [1.807, 2.05) is 0 Å². The summed E-state index contributed by atoms with van der Waals surface area (Å²) in [5.41, 5.74) is 2.79. The maximum atomic E-state index is 3.48. The standard InChI is InChI=1S/C13H15/c1-2-5-9-12(8-4-1)13-10-6-3-7-11-13/h3-4,6,8,11H,1-2,5,7,10H2. The Kier molecular flexibility index (Phi) is 2.81. The van der Waals surface area contributed by atoms with Crippen molar-refractivity contribution in [3.63, 3.8) is 0 Å². The largest absolute Gasteiger partial charge is 0.0844 e. The molecule has 2 aliphatic carbocycles. The van der Waals surface area contributed by atoms with Crippen molar-refractivity contribution in [1.29, 1.82) is 0 Å². The van der Waals surface area contributed by atoms with Gasteiger partial charge in [-0.3, -0.25) is 0 Å². The van der Waals surface area contributed by atoms with Gasteiger partial charge in [-0.15, -0.1) is 0 Å². The molecule has 0 nitrogen and oxygen atoms in total. The van der Waals surface area contributed by atoms with Crippen molar-refractivity contribution in [3.8, 4) is 0 Å². The molecule has 0 amide bonds. The van der Waals surface area contributed by atoms with Crippen LogP contribution in [0.25, 0.3) is 0 Å². The molecule has 0 atom stereocenters. The van der Waals surface area contributed by atoms with Gasteiger partial charge in [-0.05, 0) is 49.3 Å². The molecule has 0 aromatic carbocycles. The lowest BCUT2D eigenvalue weighted by Gasteiger charge is -2.08. The molecule has 0 aliphatic heterocycles. The van der Waals surface area contributed by atoms with Crippen LogP contribution in [0.15, 0.2) is 41.5 Å². The number of allylic oxidation sites excluding steroid dienone is 8. The van der Waals surface area contributed by atoms with Crippen LogP contribution in [0.2, 0.25) is 0 Å². The Morgan fingerprint density at radius 1 is 1.15 bits per heavy atom. The average molecular weight is 171 g/mol. The summed E-state index contributed by atoms with van der Waals surface area (Å²) in [6.45, 7) is 0. The quantitative estimate of drug-likeness (QED) is 0.527. The molecule has 2 aliphatic rings. The Bertz CT molecular complexity index is 287. The van der Waals surface area contributed by atoms with Crippen LogP contribution in [0.5, 0.6) is 0 Å². The highest BCUT2D eigenvalue weighted by Gasteiger charge is 2.04. The van der Waals surface area contributed by atoms with Crippen LogP contribution in [-0.2, 0) is 0 Å². The summed E-state index contributed by atoms with van der Waals surface area (Å²) >= 11 is 0. The van der Waals surface area contributed by atoms with Gasteiger partial charge in [-0.25, -0.2) is 0 Å². The molecule has 0 aromatic rings. The maximum absolute atomic E-state index is 3.48. The van der Waals surface area contributed by atoms with Gasteiger partial charge in [-0.2, -0.15) is 0 Å². The topological polar surface area (TPSA) is 0 Å². The third kappa shape index (κ3) is 2.21. The Balaban J connectivity index is 2.13. The van der Waals surface area contributed by atoms with Crippen LogP contribution in [-0.4, -0.2) is 0 Å². The smallest absolute Gasteiger partial charge is 0.00944 e. The van der Waals surface area contributed by atoms with Gasteiger partial charge in [0.2, 0.25) is 0 Å². The van der Waals surface area contributed by atoms with E-state index >= 15 is 0 Å². The van der Waals surface area contributed by atoms with Gasteiger partial charge in [0.25, 0.3) is 0 Å². The summed E-state index contributed by atoms with van der Waals surface area (Å²) in [7, 11) is 0. The van der Waals surface area contributed by atoms with Gasteiger partial charge in [0.05, 0.1) is 0 Å². The highest BCUT2D eigenvalue weighted by molar-refractivity contribution is 5.41. The first-order chi connectivity index (χ1) is 6.47. The van der Waals surface area contributed by atoms with E-state index in [4.69, 9.17) is 0 Å². The molecule has 1 radical (unpaired) electrons. The monoisotopic (exact) mass is 171 g/mol. The van der Waals surface area contributed by atoms with Crippen LogP contribution in [0.1, 0.15) is 32.1 Å². The molecule has 0 bridgehead atoms. The van der Waals surface area contributed by atoms with Crippen molar-refractivity contribution >= 4 is 0 Å². The molecule has 0 spiro atoms. The molecule has 0 unspecified atom stereocenters. The van der Waals surface area contributed by atoms with Crippen molar-refractivity contribution < 1.29 is 0 Å². The van der Waals surface area contributed by atoms with Crippen LogP contribution in [0, 0.1) is 6.08 Å². The van der Waals surface area contributed by atoms with Gasteiger partial charge in [-0.1, -0.05) is 30.4 Å². The van der Waals surface area contributed by atoms with Crippen molar-refractivity contribution in [2.75, 3.05) is 0 Å². The molecule has 0 saturated heterocycles. The van der Waals surface area contributed by atoms with E-state index in [2.05, 4.69) is 36.5 Å². The average Bonchev–Trinajstić information content (AvgIpc) is 2.47. The van der Waals surface area contributed by atoms with Crippen LogP contribution >= 0.6 is 0 Å².